The Balaban J connectivity index is 0.00000342. The number of rotatable bonds is 9. The zero-order valence-corrected chi connectivity index (χ0v) is 21.2. The molecule has 0 bridgehead atoms. The van der Waals surface area contributed by atoms with E-state index in [1.807, 2.05) is 78.9 Å². The summed E-state index contributed by atoms with van der Waals surface area (Å²) in [5, 5.41) is 1.23. The van der Waals surface area contributed by atoms with Crippen LogP contribution in [0, 0.1) is 0 Å². The van der Waals surface area contributed by atoms with Crippen molar-refractivity contribution in [1.82, 2.24) is 0 Å². The van der Waals surface area contributed by atoms with Crippen molar-refractivity contribution < 1.29 is 14.5 Å². The molecule has 0 aromatic heterocycles. The second kappa shape index (κ2) is 12.7. The number of aryl methyl sites for hydroxylation is 1. The molecule has 0 amide bonds. The third kappa shape index (κ3) is 7.26. The van der Waals surface area contributed by atoms with Gasteiger partial charge in [0.1, 0.15) is 5.78 Å². The molecular formula is C28H25Cl2NO3S. The predicted molar refractivity (Wildman–Crippen MR) is 145 cm³/mol. The van der Waals surface area contributed by atoms with Gasteiger partial charge in [-0.3, -0.25) is 4.79 Å². The van der Waals surface area contributed by atoms with Crippen LogP contribution in [0.4, 0.5) is 5.69 Å². The van der Waals surface area contributed by atoms with Crippen LogP contribution in [0.3, 0.4) is 0 Å². The summed E-state index contributed by atoms with van der Waals surface area (Å²) < 4.78 is 16.1. The molecule has 4 nitrogen and oxygen atoms in total. The molecule has 0 spiro atoms. The predicted octanol–water partition coefficient (Wildman–Crippen LogP) is 6.71. The normalized spacial score (nSPS) is 11.4. The molecule has 0 aliphatic rings. The van der Waals surface area contributed by atoms with Gasteiger partial charge in [-0.2, -0.15) is 0 Å². The van der Waals surface area contributed by atoms with E-state index >= 15 is 0 Å². The fourth-order valence-corrected chi connectivity index (χ4v) is 5.12. The molecule has 0 aliphatic carbocycles. The molecule has 0 saturated carbocycles. The van der Waals surface area contributed by atoms with Crippen molar-refractivity contribution in [3.8, 4) is 11.1 Å². The van der Waals surface area contributed by atoms with Crippen LogP contribution in [-0.2, 0) is 28.6 Å². The maximum atomic E-state index is 13.1. The SMILES string of the molecule is O.O=C(CCc1cc(Cl)ccc1Cl)Cc1ccc(NS(=O)c2ccccc2-c2ccccc2)cc1. The van der Waals surface area contributed by atoms with Gasteiger partial charge >= 0.3 is 0 Å². The lowest BCUT2D eigenvalue weighted by molar-refractivity contribution is -0.118. The molecule has 7 heteroatoms. The van der Waals surface area contributed by atoms with Crippen molar-refractivity contribution in [2.45, 2.75) is 24.2 Å². The summed E-state index contributed by atoms with van der Waals surface area (Å²) >= 11 is 12.2. The van der Waals surface area contributed by atoms with Gasteiger partial charge in [-0.15, -0.1) is 0 Å². The third-order valence-electron chi connectivity index (χ3n) is 5.42. The first-order valence-corrected chi connectivity index (χ1v) is 12.8. The van der Waals surface area contributed by atoms with E-state index in [2.05, 4.69) is 4.72 Å². The highest BCUT2D eigenvalue weighted by atomic mass is 35.5. The number of Topliss-reactive ketones (excluding diaryl/α,β-unsaturated/α-hetero) is 1. The highest BCUT2D eigenvalue weighted by Gasteiger charge is 2.12. The minimum atomic E-state index is -1.43. The summed E-state index contributed by atoms with van der Waals surface area (Å²) in [7, 11) is -1.43. The molecule has 0 radical (unpaired) electrons. The smallest absolute Gasteiger partial charge is 0.150 e. The second-order valence-electron chi connectivity index (χ2n) is 7.88. The first-order chi connectivity index (χ1) is 16.5. The minimum Gasteiger partial charge on any atom is -0.412 e. The number of ketones is 1. The van der Waals surface area contributed by atoms with E-state index in [0.717, 1.165) is 27.9 Å². The van der Waals surface area contributed by atoms with Crippen LogP contribution in [-0.4, -0.2) is 15.5 Å². The Morgan fingerprint density at radius 1 is 0.829 bits per heavy atom. The molecule has 3 N–H and O–H groups in total. The lowest BCUT2D eigenvalue weighted by Gasteiger charge is -2.11. The Morgan fingerprint density at radius 2 is 1.51 bits per heavy atom. The van der Waals surface area contributed by atoms with E-state index in [1.165, 1.54) is 0 Å². The number of carbonyl (C=O) groups excluding carboxylic acids is 1. The van der Waals surface area contributed by atoms with E-state index in [9.17, 15) is 9.00 Å². The number of hydrogen-bond donors (Lipinski definition) is 1. The van der Waals surface area contributed by atoms with E-state index in [4.69, 9.17) is 23.2 Å². The molecular weight excluding hydrogens is 501 g/mol. The standard InChI is InChI=1S/C28H23Cl2NO2S.H2O/c29-23-13-17-27(30)22(19-23)12-16-25(32)18-20-10-14-24(15-11-20)31-34(33)28-9-5-4-8-26(28)21-6-2-1-3-7-21;/h1-11,13-15,17,19,31H,12,16,18H2;1H2. The average molecular weight is 526 g/mol. The van der Waals surface area contributed by atoms with Crippen molar-refractivity contribution in [1.29, 1.82) is 0 Å². The van der Waals surface area contributed by atoms with Crippen LogP contribution in [0.25, 0.3) is 11.1 Å². The van der Waals surface area contributed by atoms with Crippen molar-refractivity contribution in [2.75, 3.05) is 4.72 Å². The largest absolute Gasteiger partial charge is 0.412 e. The fraction of sp³-hybridized carbons (Fsp3) is 0.107. The Kier molecular flexibility index (Phi) is 9.64. The Morgan fingerprint density at radius 3 is 2.26 bits per heavy atom. The Bertz CT molecular complexity index is 1310. The van der Waals surface area contributed by atoms with E-state index in [0.29, 0.717) is 34.2 Å². The maximum absolute atomic E-state index is 13.1. The molecule has 0 heterocycles. The van der Waals surface area contributed by atoms with Gasteiger partial charge in [-0.1, -0.05) is 83.9 Å². The number of hydrogen-bond acceptors (Lipinski definition) is 2. The van der Waals surface area contributed by atoms with Gasteiger partial charge in [-0.25, -0.2) is 4.21 Å². The Hall–Kier alpha value is -2.96. The van der Waals surface area contributed by atoms with Crippen LogP contribution >= 0.6 is 23.2 Å². The van der Waals surface area contributed by atoms with Gasteiger partial charge in [0.05, 0.1) is 4.90 Å². The number of anilines is 1. The first kappa shape index (κ1) is 26.6. The van der Waals surface area contributed by atoms with Gasteiger partial charge < -0.3 is 10.2 Å². The van der Waals surface area contributed by atoms with Gasteiger partial charge in [0.2, 0.25) is 0 Å². The third-order valence-corrected chi connectivity index (χ3v) is 7.20. The fourth-order valence-electron chi connectivity index (χ4n) is 3.66. The summed E-state index contributed by atoms with van der Waals surface area (Å²) in [6.45, 7) is 0. The zero-order chi connectivity index (χ0) is 23.9. The first-order valence-electron chi connectivity index (χ1n) is 10.9. The van der Waals surface area contributed by atoms with Gasteiger partial charge in [0.25, 0.3) is 0 Å². The second-order valence-corrected chi connectivity index (χ2v) is 9.91. The molecule has 0 saturated heterocycles. The van der Waals surface area contributed by atoms with Crippen LogP contribution in [0.1, 0.15) is 17.5 Å². The monoisotopic (exact) mass is 525 g/mol. The van der Waals surface area contributed by atoms with Crippen LogP contribution < -0.4 is 4.72 Å². The molecule has 1 atom stereocenters. The number of benzene rings is 4. The summed E-state index contributed by atoms with van der Waals surface area (Å²) in [5.74, 6) is 0.122. The molecule has 180 valence electrons. The molecule has 1 unspecified atom stereocenters. The Labute approximate surface area is 217 Å². The van der Waals surface area contributed by atoms with Gasteiger partial charge in [0.15, 0.2) is 11.0 Å². The molecule has 4 rings (SSSR count). The molecule has 0 aliphatic heterocycles. The summed E-state index contributed by atoms with van der Waals surface area (Å²) in [6.07, 6.45) is 1.27. The van der Waals surface area contributed by atoms with Crippen LogP contribution in [0.5, 0.6) is 0 Å². The highest BCUT2D eigenvalue weighted by molar-refractivity contribution is 7.86. The van der Waals surface area contributed by atoms with Gasteiger partial charge in [-0.05, 0) is 65.1 Å². The van der Waals surface area contributed by atoms with Crippen LogP contribution in [0.2, 0.25) is 10.0 Å². The van der Waals surface area contributed by atoms with E-state index < -0.39 is 11.0 Å². The quantitative estimate of drug-likeness (QED) is 0.263. The summed E-state index contributed by atoms with van der Waals surface area (Å²) in [5.41, 5.74) is 4.45. The van der Waals surface area contributed by atoms with Crippen molar-refractivity contribution in [3.63, 3.8) is 0 Å². The lowest BCUT2D eigenvalue weighted by Crippen LogP contribution is -2.07. The zero-order valence-electron chi connectivity index (χ0n) is 18.8. The number of carbonyl (C=O) groups is 1. The molecule has 4 aromatic carbocycles. The molecule has 4 aromatic rings. The van der Waals surface area contributed by atoms with E-state index in [-0.39, 0.29) is 11.3 Å². The number of nitrogens with one attached hydrogen (secondary N) is 1. The van der Waals surface area contributed by atoms with Gasteiger partial charge in [0, 0.05) is 28.6 Å². The average Bonchev–Trinajstić information content (AvgIpc) is 2.86. The minimum absolute atomic E-state index is 0. The van der Waals surface area contributed by atoms with Crippen molar-refractivity contribution >= 4 is 45.7 Å². The molecule has 0 fully saturated rings. The summed E-state index contributed by atoms with van der Waals surface area (Å²) in [6, 6.07) is 30.3. The molecule has 35 heavy (non-hydrogen) atoms. The maximum Gasteiger partial charge on any atom is 0.150 e. The van der Waals surface area contributed by atoms with Crippen LogP contribution in [0.15, 0.2) is 102 Å². The summed E-state index contributed by atoms with van der Waals surface area (Å²) in [4.78, 5) is 13.2. The van der Waals surface area contributed by atoms with Crippen molar-refractivity contribution in [3.05, 3.63) is 118 Å². The van der Waals surface area contributed by atoms with Crippen molar-refractivity contribution in [2.24, 2.45) is 0 Å². The topological polar surface area (TPSA) is 77.7 Å². The number of halogens is 2. The lowest BCUT2D eigenvalue weighted by atomic mass is 10.0. The van der Waals surface area contributed by atoms with E-state index in [1.54, 1.807) is 18.2 Å². The highest BCUT2D eigenvalue weighted by Crippen LogP contribution is 2.27.